The summed E-state index contributed by atoms with van der Waals surface area (Å²) in [5.74, 6) is -1.14. The number of hydrogen-bond donors (Lipinski definition) is 7. The van der Waals surface area contributed by atoms with Gasteiger partial charge in [-0.2, -0.15) is 0 Å². The van der Waals surface area contributed by atoms with E-state index in [4.69, 9.17) is 0 Å². The van der Waals surface area contributed by atoms with Crippen molar-refractivity contribution in [2.45, 2.75) is 32.1 Å². The minimum atomic E-state index is -0.234. The summed E-state index contributed by atoms with van der Waals surface area (Å²) < 4.78 is 0. The number of rotatable bonds is 13. The molecule has 0 aliphatic heterocycles. The van der Waals surface area contributed by atoms with E-state index < -0.39 is 0 Å². The van der Waals surface area contributed by atoms with E-state index in [2.05, 4.69) is 16.0 Å². The smallest absolute Gasteiger partial charge is 0.224 e. The van der Waals surface area contributed by atoms with E-state index in [-0.39, 0.29) is 47.7 Å². The minimum Gasteiger partial charge on any atom is -0.504 e. The second kappa shape index (κ2) is 13.1. The van der Waals surface area contributed by atoms with Gasteiger partial charge in [-0.15, -0.1) is 0 Å². The molecule has 2 amide bonds. The Morgan fingerprint density at radius 1 is 0.656 bits per heavy atom. The molecule has 0 bridgehead atoms. The highest BCUT2D eigenvalue weighted by Gasteiger charge is 2.07. The van der Waals surface area contributed by atoms with Crippen molar-refractivity contribution in [3.8, 4) is 23.0 Å². The number of unbranched alkanes of at least 4 members (excludes halogenated alkanes) is 1. The van der Waals surface area contributed by atoms with Gasteiger partial charge in [0.15, 0.2) is 23.0 Å². The largest absolute Gasteiger partial charge is 0.504 e. The maximum atomic E-state index is 11.9. The number of hydrogen-bond acceptors (Lipinski definition) is 6. The molecule has 8 N–H and O–H groups in total. The molecule has 0 aliphatic carbocycles. The zero-order chi connectivity index (χ0) is 23.3. The number of aromatic hydroxyl groups is 4. The van der Waals surface area contributed by atoms with E-state index in [0.717, 1.165) is 32.4 Å². The van der Waals surface area contributed by atoms with Crippen LogP contribution in [0.25, 0.3) is 0 Å². The molecular weight excluding hydrogens is 414 g/mol. The van der Waals surface area contributed by atoms with Crippen molar-refractivity contribution < 1.29 is 35.3 Å². The number of benzene rings is 2. The van der Waals surface area contributed by atoms with Crippen LogP contribution in [-0.4, -0.2) is 58.4 Å². The number of nitrogens with two attached hydrogens (primary N) is 1. The third-order valence-corrected chi connectivity index (χ3v) is 4.87. The van der Waals surface area contributed by atoms with E-state index in [1.165, 1.54) is 24.3 Å². The van der Waals surface area contributed by atoms with Gasteiger partial charge < -0.3 is 36.4 Å². The molecule has 0 aromatic heterocycles. The number of quaternary nitrogens is 1. The van der Waals surface area contributed by atoms with Gasteiger partial charge in [0.05, 0.1) is 25.9 Å². The summed E-state index contributed by atoms with van der Waals surface area (Å²) in [4.78, 5) is 23.8. The Morgan fingerprint density at radius 2 is 1.12 bits per heavy atom. The Balaban J connectivity index is 1.44. The van der Waals surface area contributed by atoms with Gasteiger partial charge in [-0.3, -0.25) is 9.59 Å². The standard InChI is InChI=1S/C23H31N3O6/c27-18-6-4-16(12-20(18)29)14-22(31)25-10-2-1-8-24-9-3-11-26-23(32)15-17-5-7-19(28)21(30)13-17/h4-7,12-13,24,27-30H,1-3,8-11,14-15H2,(H,25,31)(H,26,32)/p+1. The molecule has 0 heterocycles. The fourth-order valence-electron chi connectivity index (χ4n) is 3.11. The number of phenolic OH excluding ortho intramolecular Hbond substituents is 4. The highest BCUT2D eigenvalue weighted by Crippen LogP contribution is 2.25. The Hall–Kier alpha value is -3.46. The normalized spacial score (nSPS) is 10.6. The molecule has 0 fully saturated rings. The van der Waals surface area contributed by atoms with Crippen LogP contribution in [0.5, 0.6) is 23.0 Å². The lowest BCUT2D eigenvalue weighted by Crippen LogP contribution is -2.84. The molecular formula is C23H32N3O6+. The molecule has 0 unspecified atom stereocenters. The second-order valence-corrected chi connectivity index (χ2v) is 7.63. The molecule has 0 saturated carbocycles. The summed E-state index contributed by atoms with van der Waals surface area (Å²) in [6, 6.07) is 8.68. The van der Waals surface area contributed by atoms with Gasteiger partial charge >= 0.3 is 0 Å². The van der Waals surface area contributed by atoms with Crippen molar-refractivity contribution in [2.24, 2.45) is 0 Å². The zero-order valence-corrected chi connectivity index (χ0v) is 18.0. The summed E-state index contributed by atoms with van der Waals surface area (Å²) in [6.45, 7) is 2.97. The van der Waals surface area contributed by atoms with E-state index in [1.807, 2.05) is 0 Å². The van der Waals surface area contributed by atoms with E-state index in [9.17, 15) is 30.0 Å². The Morgan fingerprint density at radius 3 is 1.62 bits per heavy atom. The topological polar surface area (TPSA) is 156 Å². The summed E-state index contributed by atoms with van der Waals surface area (Å²) in [7, 11) is 0. The quantitative estimate of drug-likeness (QED) is 0.173. The fourth-order valence-corrected chi connectivity index (χ4v) is 3.11. The monoisotopic (exact) mass is 446 g/mol. The highest BCUT2D eigenvalue weighted by atomic mass is 16.3. The van der Waals surface area contributed by atoms with Crippen molar-refractivity contribution in [1.29, 1.82) is 0 Å². The maximum absolute atomic E-state index is 11.9. The lowest BCUT2D eigenvalue weighted by Gasteiger charge is -2.07. The summed E-state index contributed by atoms with van der Waals surface area (Å²) in [5, 5.41) is 45.3. The molecule has 0 spiro atoms. The summed E-state index contributed by atoms with van der Waals surface area (Å²) in [5.41, 5.74) is 1.28. The first-order valence-electron chi connectivity index (χ1n) is 10.7. The van der Waals surface area contributed by atoms with Gasteiger partial charge in [0.2, 0.25) is 11.8 Å². The molecule has 0 saturated heterocycles. The molecule has 9 nitrogen and oxygen atoms in total. The van der Waals surface area contributed by atoms with Gasteiger partial charge in [-0.1, -0.05) is 12.1 Å². The fraction of sp³-hybridized carbons (Fsp3) is 0.391. The van der Waals surface area contributed by atoms with Crippen LogP contribution in [0.1, 0.15) is 30.4 Å². The number of carbonyl (C=O) groups excluding carboxylic acids is 2. The van der Waals surface area contributed by atoms with Gasteiger partial charge in [0.1, 0.15) is 0 Å². The summed E-state index contributed by atoms with van der Waals surface area (Å²) in [6.07, 6.45) is 2.95. The average Bonchev–Trinajstić information content (AvgIpc) is 2.74. The molecule has 32 heavy (non-hydrogen) atoms. The molecule has 2 aromatic carbocycles. The van der Waals surface area contributed by atoms with Crippen molar-refractivity contribution in [1.82, 2.24) is 10.6 Å². The van der Waals surface area contributed by atoms with Crippen LogP contribution in [-0.2, 0) is 22.4 Å². The molecule has 0 aliphatic rings. The van der Waals surface area contributed by atoms with Gasteiger partial charge in [0.25, 0.3) is 0 Å². The van der Waals surface area contributed by atoms with Crippen LogP contribution in [0.4, 0.5) is 0 Å². The third-order valence-electron chi connectivity index (χ3n) is 4.87. The Bertz CT molecular complexity index is 830. The molecule has 0 radical (unpaired) electrons. The number of amides is 2. The van der Waals surface area contributed by atoms with Gasteiger partial charge in [0, 0.05) is 19.5 Å². The van der Waals surface area contributed by atoms with Gasteiger partial charge in [-0.05, 0) is 48.2 Å². The first-order valence-corrected chi connectivity index (χ1v) is 10.7. The van der Waals surface area contributed by atoms with Crippen molar-refractivity contribution in [3.63, 3.8) is 0 Å². The van der Waals surface area contributed by atoms with Crippen LogP contribution in [0.15, 0.2) is 36.4 Å². The van der Waals surface area contributed by atoms with E-state index >= 15 is 0 Å². The SMILES string of the molecule is O=C(Cc1ccc(O)c(O)c1)NCCCC[NH2+]CCCNC(=O)Cc1ccc(O)c(O)c1. The first kappa shape index (κ1) is 24.8. The minimum absolute atomic E-state index is 0.127. The molecule has 2 rings (SSSR count). The second-order valence-electron chi connectivity index (χ2n) is 7.63. The molecule has 174 valence electrons. The van der Waals surface area contributed by atoms with Crippen LogP contribution in [0, 0.1) is 0 Å². The highest BCUT2D eigenvalue weighted by molar-refractivity contribution is 5.79. The van der Waals surface area contributed by atoms with Crippen LogP contribution in [0.3, 0.4) is 0 Å². The lowest BCUT2D eigenvalue weighted by atomic mass is 10.1. The Kier molecular flexibility index (Phi) is 10.1. The Labute approximate surface area is 187 Å². The van der Waals surface area contributed by atoms with Crippen molar-refractivity contribution in [2.75, 3.05) is 26.2 Å². The molecule has 2 aromatic rings. The maximum Gasteiger partial charge on any atom is 0.224 e. The number of phenols is 4. The van der Waals surface area contributed by atoms with Crippen LogP contribution in [0.2, 0.25) is 0 Å². The predicted molar refractivity (Wildman–Crippen MR) is 118 cm³/mol. The molecule has 9 heteroatoms. The number of nitrogens with one attached hydrogen (secondary N) is 2. The third kappa shape index (κ3) is 9.13. The van der Waals surface area contributed by atoms with Crippen LogP contribution >= 0.6 is 0 Å². The van der Waals surface area contributed by atoms with Crippen LogP contribution < -0.4 is 16.0 Å². The van der Waals surface area contributed by atoms with Gasteiger partial charge in [-0.25, -0.2) is 0 Å². The van der Waals surface area contributed by atoms with Crippen molar-refractivity contribution >= 4 is 11.8 Å². The van der Waals surface area contributed by atoms with E-state index in [0.29, 0.717) is 24.2 Å². The first-order chi connectivity index (χ1) is 15.3. The predicted octanol–water partition coefficient (Wildman–Crippen LogP) is 0.260. The van der Waals surface area contributed by atoms with Crippen molar-refractivity contribution in [3.05, 3.63) is 47.5 Å². The van der Waals surface area contributed by atoms with E-state index in [1.54, 1.807) is 12.1 Å². The molecule has 0 atom stereocenters. The zero-order valence-electron chi connectivity index (χ0n) is 18.0. The average molecular weight is 447 g/mol. The summed E-state index contributed by atoms with van der Waals surface area (Å²) >= 11 is 0. The lowest BCUT2D eigenvalue weighted by molar-refractivity contribution is -0.655. The number of carbonyl (C=O) groups is 2.